The zero-order valence-corrected chi connectivity index (χ0v) is 21.1. The Bertz CT molecular complexity index is 1480. The highest BCUT2D eigenvalue weighted by molar-refractivity contribution is 6.04. The first-order valence-corrected chi connectivity index (χ1v) is 11.7. The Morgan fingerprint density at radius 2 is 1.73 bits per heavy atom. The van der Waals surface area contributed by atoms with Crippen molar-refractivity contribution in [1.82, 2.24) is 14.8 Å². The zero-order valence-electron chi connectivity index (χ0n) is 21.1. The molecule has 0 aliphatic heterocycles. The molecule has 4 aromatic rings. The van der Waals surface area contributed by atoms with Crippen LogP contribution in [0.4, 0.5) is 0 Å². The lowest BCUT2D eigenvalue weighted by atomic mass is 10.1. The Balaban J connectivity index is 1.53. The molecule has 0 aliphatic carbocycles. The number of Topliss-reactive ketones (excluding diaryl/α,β-unsaturated/α-hetero) is 2. The standard InChI is InChI=1S/C29H27N3O5/c1-18-27(20(3)33)19(2)30-28(18)25(34)17-37-26(35)15-12-22-16-32(23-8-6-5-7-9-23)31-29(22)21-10-13-24(36-4)14-11-21/h5-16,30H,17H2,1-4H3. The highest BCUT2D eigenvalue weighted by Gasteiger charge is 2.20. The fourth-order valence-corrected chi connectivity index (χ4v) is 4.17. The van der Waals surface area contributed by atoms with Crippen LogP contribution >= 0.6 is 0 Å². The summed E-state index contributed by atoms with van der Waals surface area (Å²) in [6, 6.07) is 17.1. The molecule has 2 aromatic heterocycles. The summed E-state index contributed by atoms with van der Waals surface area (Å²) in [6.07, 6.45) is 4.69. The largest absolute Gasteiger partial charge is 0.497 e. The van der Waals surface area contributed by atoms with Gasteiger partial charge < -0.3 is 14.5 Å². The van der Waals surface area contributed by atoms with Crippen LogP contribution in [0.5, 0.6) is 5.75 Å². The van der Waals surface area contributed by atoms with Crippen LogP contribution in [-0.2, 0) is 9.53 Å². The van der Waals surface area contributed by atoms with E-state index in [1.165, 1.54) is 13.0 Å². The maximum absolute atomic E-state index is 12.6. The summed E-state index contributed by atoms with van der Waals surface area (Å²) in [5.41, 5.74) is 4.99. The maximum Gasteiger partial charge on any atom is 0.331 e. The average Bonchev–Trinajstić information content (AvgIpc) is 3.47. The summed E-state index contributed by atoms with van der Waals surface area (Å²) >= 11 is 0. The number of rotatable bonds is 9. The Kier molecular flexibility index (Phi) is 7.48. The number of hydrogen-bond acceptors (Lipinski definition) is 6. The van der Waals surface area contributed by atoms with Crippen LogP contribution in [0.1, 0.15) is 44.6 Å². The third kappa shape index (κ3) is 5.59. The van der Waals surface area contributed by atoms with Gasteiger partial charge in [0.1, 0.15) is 5.75 Å². The van der Waals surface area contributed by atoms with Gasteiger partial charge in [0, 0.05) is 34.7 Å². The molecular formula is C29H27N3O5. The minimum atomic E-state index is -0.672. The lowest BCUT2D eigenvalue weighted by Crippen LogP contribution is -2.14. The van der Waals surface area contributed by atoms with E-state index in [0.717, 1.165) is 17.0 Å². The van der Waals surface area contributed by atoms with E-state index in [2.05, 4.69) is 4.98 Å². The molecular weight excluding hydrogens is 470 g/mol. The van der Waals surface area contributed by atoms with Gasteiger partial charge in [-0.25, -0.2) is 9.48 Å². The number of nitrogens with one attached hydrogen (secondary N) is 1. The SMILES string of the molecule is COc1ccc(-c2nn(-c3ccccc3)cc2C=CC(=O)OCC(=O)c2[nH]c(C)c(C(C)=O)c2C)cc1. The second kappa shape index (κ2) is 10.9. The Morgan fingerprint density at radius 3 is 2.35 bits per heavy atom. The van der Waals surface area contributed by atoms with Gasteiger partial charge in [-0.05, 0) is 68.8 Å². The van der Waals surface area contributed by atoms with E-state index >= 15 is 0 Å². The van der Waals surface area contributed by atoms with Crippen molar-refractivity contribution >= 4 is 23.6 Å². The van der Waals surface area contributed by atoms with Crippen LogP contribution in [0.3, 0.4) is 0 Å². The number of hydrogen-bond donors (Lipinski definition) is 1. The number of ether oxygens (including phenoxy) is 2. The number of ketones is 2. The molecule has 0 saturated heterocycles. The van der Waals surface area contributed by atoms with E-state index < -0.39 is 18.4 Å². The fraction of sp³-hybridized carbons (Fsp3) is 0.172. The number of aryl methyl sites for hydroxylation is 1. The Labute approximate surface area is 214 Å². The molecule has 2 aromatic carbocycles. The van der Waals surface area contributed by atoms with Gasteiger partial charge in [0.25, 0.3) is 0 Å². The molecule has 0 amide bonds. The number of methoxy groups -OCH3 is 1. The molecule has 0 aliphatic rings. The lowest BCUT2D eigenvalue weighted by Gasteiger charge is -2.03. The van der Waals surface area contributed by atoms with Crippen LogP contribution in [-0.4, -0.2) is 46.0 Å². The van der Waals surface area contributed by atoms with Crippen molar-refractivity contribution in [3.63, 3.8) is 0 Å². The fourth-order valence-electron chi connectivity index (χ4n) is 4.17. The van der Waals surface area contributed by atoms with Gasteiger partial charge in [-0.2, -0.15) is 5.10 Å². The van der Waals surface area contributed by atoms with Crippen molar-refractivity contribution in [1.29, 1.82) is 0 Å². The van der Waals surface area contributed by atoms with Gasteiger partial charge >= 0.3 is 5.97 Å². The third-order valence-corrected chi connectivity index (χ3v) is 5.94. The summed E-state index contributed by atoms with van der Waals surface area (Å²) in [6.45, 7) is 4.42. The molecule has 0 unspecified atom stereocenters. The van der Waals surface area contributed by atoms with Gasteiger partial charge in [-0.3, -0.25) is 9.59 Å². The van der Waals surface area contributed by atoms with E-state index in [1.54, 1.807) is 31.7 Å². The van der Waals surface area contributed by atoms with Crippen molar-refractivity contribution in [3.05, 3.63) is 94.9 Å². The monoisotopic (exact) mass is 497 g/mol. The molecule has 0 spiro atoms. The van der Waals surface area contributed by atoms with Crippen molar-refractivity contribution in [2.45, 2.75) is 20.8 Å². The molecule has 188 valence electrons. The van der Waals surface area contributed by atoms with E-state index in [-0.39, 0.29) is 11.5 Å². The van der Waals surface area contributed by atoms with E-state index in [4.69, 9.17) is 14.6 Å². The molecule has 0 saturated carbocycles. The topological polar surface area (TPSA) is 103 Å². The number of carbonyl (C=O) groups excluding carboxylic acids is 3. The normalized spacial score (nSPS) is 11.0. The third-order valence-electron chi connectivity index (χ3n) is 5.94. The molecule has 4 rings (SSSR count). The molecule has 2 heterocycles. The predicted octanol–water partition coefficient (Wildman–Crippen LogP) is 5.13. The molecule has 8 nitrogen and oxygen atoms in total. The van der Waals surface area contributed by atoms with Crippen molar-refractivity contribution in [2.24, 2.45) is 0 Å². The molecule has 0 radical (unpaired) electrons. The smallest absolute Gasteiger partial charge is 0.331 e. The molecule has 0 fully saturated rings. The molecule has 0 atom stereocenters. The average molecular weight is 498 g/mol. The maximum atomic E-state index is 12.6. The number of carbonyl (C=O) groups is 3. The van der Waals surface area contributed by atoms with Crippen molar-refractivity contribution < 1.29 is 23.9 Å². The van der Waals surface area contributed by atoms with Crippen LogP contribution in [0.25, 0.3) is 23.0 Å². The predicted molar refractivity (Wildman–Crippen MR) is 140 cm³/mol. The van der Waals surface area contributed by atoms with Crippen LogP contribution in [0, 0.1) is 13.8 Å². The van der Waals surface area contributed by atoms with Gasteiger partial charge in [-0.15, -0.1) is 0 Å². The number of esters is 1. The van der Waals surface area contributed by atoms with E-state index in [0.29, 0.717) is 28.1 Å². The summed E-state index contributed by atoms with van der Waals surface area (Å²) in [7, 11) is 1.60. The molecule has 8 heteroatoms. The first kappa shape index (κ1) is 25.4. The number of H-pyrrole nitrogens is 1. The van der Waals surface area contributed by atoms with Gasteiger partial charge in [0.15, 0.2) is 12.4 Å². The first-order chi connectivity index (χ1) is 17.8. The van der Waals surface area contributed by atoms with E-state index in [1.807, 2.05) is 60.8 Å². The zero-order chi connectivity index (χ0) is 26.5. The quantitative estimate of drug-likeness (QED) is 0.195. The number of aromatic amines is 1. The lowest BCUT2D eigenvalue weighted by molar-refractivity contribution is -0.136. The summed E-state index contributed by atoms with van der Waals surface area (Å²) in [5.74, 6) is -0.492. The minimum Gasteiger partial charge on any atom is -0.497 e. The van der Waals surface area contributed by atoms with Crippen molar-refractivity contribution in [2.75, 3.05) is 13.7 Å². The van der Waals surface area contributed by atoms with Crippen LogP contribution < -0.4 is 4.74 Å². The highest BCUT2D eigenvalue weighted by Crippen LogP contribution is 2.27. The number of aromatic nitrogens is 3. The Morgan fingerprint density at radius 1 is 1.03 bits per heavy atom. The summed E-state index contributed by atoms with van der Waals surface area (Å²) in [4.78, 5) is 39.8. The molecule has 0 bridgehead atoms. The van der Waals surface area contributed by atoms with Crippen molar-refractivity contribution in [3.8, 4) is 22.7 Å². The molecule has 37 heavy (non-hydrogen) atoms. The Hall–Kier alpha value is -4.72. The first-order valence-electron chi connectivity index (χ1n) is 11.7. The number of nitrogens with zero attached hydrogens (tertiary/aromatic N) is 2. The number of para-hydroxylation sites is 1. The van der Waals surface area contributed by atoms with E-state index in [9.17, 15) is 14.4 Å². The minimum absolute atomic E-state index is 0.131. The molecule has 1 N–H and O–H groups in total. The summed E-state index contributed by atoms with van der Waals surface area (Å²) < 4.78 is 12.2. The van der Waals surface area contributed by atoms with Gasteiger partial charge in [-0.1, -0.05) is 18.2 Å². The second-order valence-corrected chi connectivity index (χ2v) is 8.49. The van der Waals surface area contributed by atoms with Crippen LogP contribution in [0.2, 0.25) is 0 Å². The highest BCUT2D eigenvalue weighted by atomic mass is 16.5. The number of benzene rings is 2. The second-order valence-electron chi connectivity index (χ2n) is 8.49. The summed E-state index contributed by atoms with van der Waals surface area (Å²) in [5, 5.41) is 4.72. The van der Waals surface area contributed by atoms with Gasteiger partial charge in [0.2, 0.25) is 5.78 Å². The van der Waals surface area contributed by atoms with Crippen LogP contribution in [0.15, 0.2) is 66.9 Å². The van der Waals surface area contributed by atoms with Gasteiger partial charge in [0.05, 0.1) is 24.2 Å².